The van der Waals surface area contributed by atoms with E-state index >= 15 is 0 Å². The van der Waals surface area contributed by atoms with Crippen LogP contribution in [-0.2, 0) is 4.79 Å². The van der Waals surface area contributed by atoms with E-state index in [1.54, 1.807) is 0 Å². The summed E-state index contributed by atoms with van der Waals surface area (Å²) < 4.78 is 0. The lowest BCUT2D eigenvalue weighted by Crippen LogP contribution is -2.48. The van der Waals surface area contributed by atoms with Crippen LogP contribution >= 0.6 is 0 Å². The Bertz CT molecular complexity index is 249. The molecule has 0 fully saturated rings. The van der Waals surface area contributed by atoms with Gasteiger partial charge >= 0.3 is 0 Å². The molecule has 0 aromatic rings. The number of carbonyl (C=O) groups excluding carboxylic acids is 1. The highest BCUT2D eigenvalue weighted by molar-refractivity contribution is 5.82. The number of nitrogens with one attached hydrogen (secondary N) is 1. The molecule has 0 aliphatic heterocycles. The lowest BCUT2D eigenvalue weighted by atomic mass is 9.91. The Morgan fingerprint density at radius 3 is 2.13 bits per heavy atom. The minimum atomic E-state index is -0.539. The maximum atomic E-state index is 11.8. The molecule has 0 heterocycles. The molecule has 0 aromatic heterocycles. The Balaban J connectivity index is 4.54. The van der Waals surface area contributed by atoms with Gasteiger partial charge in [-0.25, -0.2) is 0 Å². The summed E-state index contributed by atoms with van der Waals surface area (Å²) in [5.41, 5.74) is -0.179. The highest BCUT2D eigenvalue weighted by Gasteiger charge is 2.28. The van der Waals surface area contributed by atoms with Gasteiger partial charge in [0.1, 0.15) is 5.92 Å². The topological polar surface area (TPSA) is 52.9 Å². The van der Waals surface area contributed by atoms with Crippen molar-refractivity contribution in [2.24, 2.45) is 11.8 Å². The third kappa shape index (κ3) is 3.91. The number of rotatable bonds is 5. The molecular formula is C12H22N2O. The largest absolute Gasteiger partial charge is 0.350 e. The molecular weight excluding hydrogens is 188 g/mol. The van der Waals surface area contributed by atoms with E-state index in [9.17, 15) is 4.79 Å². The van der Waals surface area contributed by atoms with E-state index in [4.69, 9.17) is 5.26 Å². The molecule has 3 nitrogen and oxygen atoms in total. The second-order valence-electron chi connectivity index (χ2n) is 4.61. The zero-order valence-electron chi connectivity index (χ0n) is 10.4. The average molecular weight is 210 g/mol. The number of hydrogen-bond donors (Lipinski definition) is 1. The van der Waals surface area contributed by atoms with Gasteiger partial charge in [-0.1, -0.05) is 27.7 Å². The van der Waals surface area contributed by atoms with Crippen molar-refractivity contribution < 1.29 is 4.79 Å². The zero-order chi connectivity index (χ0) is 12.1. The molecule has 1 N–H and O–H groups in total. The van der Waals surface area contributed by atoms with Crippen LogP contribution in [0.2, 0.25) is 0 Å². The first-order valence-corrected chi connectivity index (χ1v) is 5.61. The van der Waals surface area contributed by atoms with Crippen LogP contribution in [0.4, 0.5) is 0 Å². The number of carbonyl (C=O) groups is 1. The second kappa shape index (κ2) is 5.75. The molecule has 1 unspecified atom stereocenters. The Kier molecular flexibility index (Phi) is 5.35. The van der Waals surface area contributed by atoms with Crippen LogP contribution < -0.4 is 5.32 Å². The fourth-order valence-corrected chi connectivity index (χ4v) is 1.31. The van der Waals surface area contributed by atoms with Crippen LogP contribution in [0.15, 0.2) is 0 Å². The molecule has 0 spiro atoms. The van der Waals surface area contributed by atoms with Crippen molar-refractivity contribution in [3.63, 3.8) is 0 Å². The predicted octanol–water partition coefficient (Wildman–Crippen LogP) is 2.48. The standard InChI is InChI=1S/C12H22N2O/c1-6-12(5,7-2)14-11(15)10(8-13)9(3)4/h9-10H,6-7H2,1-5H3,(H,14,15). The fraction of sp³-hybridized carbons (Fsp3) is 0.833. The lowest BCUT2D eigenvalue weighted by molar-refractivity contribution is -0.126. The van der Waals surface area contributed by atoms with Gasteiger partial charge in [-0.15, -0.1) is 0 Å². The van der Waals surface area contributed by atoms with Crippen LogP contribution in [-0.4, -0.2) is 11.4 Å². The Morgan fingerprint density at radius 1 is 1.40 bits per heavy atom. The minimum absolute atomic E-state index is 0.0629. The summed E-state index contributed by atoms with van der Waals surface area (Å²) in [6.45, 7) is 9.88. The van der Waals surface area contributed by atoms with Crippen molar-refractivity contribution in [3.05, 3.63) is 0 Å². The van der Waals surface area contributed by atoms with Crippen molar-refractivity contribution in [2.75, 3.05) is 0 Å². The van der Waals surface area contributed by atoms with Gasteiger partial charge in [0, 0.05) is 5.54 Å². The van der Waals surface area contributed by atoms with Gasteiger partial charge in [0.2, 0.25) is 5.91 Å². The van der Waals surface area contributed by atoms with E-state index in [2.05, 4.69) is 11.4 Å². The van der Waals surface area contributed by atoms with Crippen LogP contribution in [0, 0.1) is 23.2 Å². The highest BCUT2D eigenvalue weighted by Crippen LogP contribution is 2.17. The quantitative estimate of drug-likeness (QED) is 0.758. The predicted molar refractivity (Wildman–Crippen MR) is 61.1 cm³/mol. The van der Waals surface area contributed by atoms with Crippen LogP contribution in [0.3, 0.4) is 0 Å². The van der Waals surface area contributed by atoms with Gasteiger partial charge < -0.3 is 5.32 Å². The maximum absolute atomic E-state index is 11.8. The van der Waals surface area contributed by atoms with E-state index in [1.165, 1.54) is 0 Å². The fourth-order valence-electron chi connectivity index (χ4n) is 1.31. The van der Waals surface area contributed by atoms with Gasteiger partial charge in [0.15, 0.2) is 0 Å². The van der Waals surface area contributed by atoms with E-state index in [1.807, 2.05) is 34.6 Å². The van der Waals surface area contributed by atoms with Crippen LogP contribution in [0.1, 0.15) is 47.5 Å². The van der Waals surface area contributed by atoms with Crippen LogP contribution in [0.5, 0.6) is 0 Å². The summed E-state index contributed by atoms with van der Waals surface area (Å²) in [6, 6.07) is 2.06. The third-order valence-electron chi connectivity index (χ3n) is 3.07. The summed E-state index contributed by atoms with van der Waals surface area (Å²) >= 11 is 0. The second-order valence-corrected chi connectivity index (χ2v) is 4.61. The van der Waals surface area contributed by atoms with E-state index in [-0.39, 0.29) is 17.4 Å². The summed E-state index contributed by atoms with van der Waals surface area (Å²) in [4.78, 5) is 11.8. The van der Waals surface area contributed by atoms with Crippen LogP contribution in [0.25, 0.3) is 0 Å². The minimum Gasteiger partial charge on any atom is -0.350 e. The Labute approximate surface area is 92.9 Å². The third-order valence-corrected chi connectivity index (χ3v) is 3.07. The van der Waals surface area contributed by atoms with Crippen molar-refractivity contribution in [1.29, 1.82) is 5.26 Å². The molecule has 0 radical (unpaired) electrons. The number of amides is 1. The van der Waals surface area contributed by atoms with Gasteiger partial charge in [-0.05, 0) is 25.7 Å². The molecule has 0 aliphatic carbocycles. The smallest absolute Gasteiger partial charge is 0.238 e. The molecule has 0 rings (SSSR count). The summed E-state index contributed by atoms with van der Waals surface area (Å²) in [6.07, 6.45) is 1.76. The molecule has 1 amide bonds. The molecule has 86 valence electrons. The Morgan fingerprint density at radius 2 is 1.87 bits per heavy atom. The molecule has 0 bridgehead atoms. The summed E-state index contributed by atoms with van der Waals surface area (Å²) in [5, 5.41) is 11.9. The van der Waals surface area contributed by atoms with E-state index in [0.717, 1.165) is 12.8 Å². The van der Waals surface area contributed by atoms with Gasteiger partial charge in [-0.2, -0.15) is 5.26 Å². The summed E-state index contributed by atoms with van der Waals surface area (Å²) in [5.74, 6) is -0.617. The van der Waals surface area contributed by atoms with Crippen molar-refractivity contribution in [1.82, 2.24) is 5.32 Å². The Hall–Kier alpha value is -1.04. The van der Waals surface area contributed by atoms with Gasteiger partial charge in [0.05, 0.1) is 6.07 Å². The molecule has 0 saturated heterocycles. The number of hydrogen-bond acceptors (Lipinski definition) is 2. The number of nitrogens with zero attached hydrogens (tertiary/aromatic N) is 1. The number of nitriles is 1. The highest BCUT2D eigenvalue weighted by atomic mass is 16.2. The monoisotopic (exact) mass is 210 g/mol. The van der Waals surface area contributed by atoms with Gasteiger partial charge in [-0.3, -0.25) is 4.79 Å². The lowest BCUT2D eigenvalue weighted by Gasteiger charge is -2.29. The van der Waals surface area contributed by atoms with Crippen molar-refractivity contribution in [3.8, 4) is 6.07 Å². The average Bonchev–Trinajstić information content (AvgIpc) is 2.18. The molecule has 1 atom stereocenters. The first kappa shape index (κ1) is 14.0. The summed E-state index contributed by atoms with van der Waals surface area (Å²) in [7, 11) is 0. The molecule has 15 heavy (non-hydrogen) atoms. The van der Waals surface area contributed by atoms with Crippen molar-refractivity contribution in [2.45, 2.75) is 53.0 Å². The zero-order valence-corrected chi connectivity index (χ0v) is 10.4. The van der Waals surface area contributed by atoms with Gasteiger partial charge in [0.25, 0.3) is 0 Å². The van der Waals surface area contributed by atoms with Crippen molar-refractivity contribution >= 4 is 5.91 Å². The molecule has 3 heteroatoms. The first-order chi connectivity index (χ1) is 6.90. The molecule has 0 aromatic carbocycles. The van der Waals surface area contributed by atoms with E-state index < -0.39 is 5.92 Å². The SMILES string of the molecule is CCC(C)(CC)NC(=O)C(C#N)C(C)C. The normalized spacial score (nSPS) is 13.4. The van der Waals surface area contributed by atoms with E-state index in [0.29, 0.717) is 0 Å². The first-order valence-electron chi connectivity index (χ1n) is 5.61. The molecule has 0 aliphatic rings. The molecule has 0 saturated carbocycles. The maximum Gasteiger partial charge on any atom is 0.238 e.